The Morgan fingerprint density at radius 3 is 2.65 bits per heavy atom. The van der Waals surface area contributed by atoms with Crippen LogP contribution in [0.15, 0.2) is 18.2 Å². The van der Waals surface area contributed by atoms with Crippen LogP contribution in [0, 0.1) is 11.7 Å². The lowest BCUT2D eigenvalue weighted by Gasteiger charge is -2.11. The fourth-order valence-corrected chi connectivity index (χ4v) is 2.05. The number of benzene rings is 1. The van der Waals surface area contributed by atoms with Crippen molar-refractivity contribution in [3.63, 3.8) is 0 Å². The molecule has 1 unspecified atom stereocenters. The van der Waals surface area contributed by atoms with Gasteiger partial charge in [0.1, 0.15) is 5.82 Å². The van der Waals surface area contributed by atoms with E-state index in [0.717, 1.165) is 12.1 Å². The third kappa shape index (κ3) is 2.76. The van der Waals surface area contributed by atoms with Crippen molar-refractivity contribution >= 4 is 23.5 Å². The number of carbonyl (C=O) groups excluding carboxylic acids is 2. The van der Waals surface area contributed by atoms with Crippen LogP contribution >= 0.6 is 0 Å². The summed E-state index contributed by atoms with van der Waals surface area (Å²) in [6.45, 7) is 0.320. The molecule has 0 spiro atoms. The lowest BCUT2D eigenvalue weighted by atomic mass is 10.1. The van der Waals surface area contributed by atoms with Crippen LogP contribution in [-0.4, -0.2) is 41.4 Å². The lowest BCUT2D eigenvalue weighted by Crippen LogP contribution is -2.25. The summed E-state index contributed by atoms with van der Waals surface area (Å²) < 4.78 is 13.5. The molecule has 7 heteroatoms. The van der Waals surface area contributed by atoms with Crippen LogP contribution in [-0.2, 0) is 9.59 Å². The summed E-state index contributed by atoms with van der Waals surface area (Å²) >= 11 is 0. The largest absolute Gasteiger partial charge is 0.478 e. The van der Waals surface area contributed by atoms with Gasteiger partial charge in [-0.1, -0.05) is 0 Å². The maximum atomic E-state index is 13.5. The molecule has 1 heterocycles. The Kier molecular flexibility index (Phi) is 3.69. The number of nitrogens with one attached hydrogen (secondary N) is 1. The topological polar surface area (TPSA) is 86.7 Å². The van der Waals surface area contributed by atoms with Crippen molar-refractivity contribution in [2.75, 3.05) is 18.9 Å². The highest BCUT2D eigenvalue weighted by molar-refractivity contribution is 5.97. The first-order valence-electron chi connectivity index (χ1n) is 5.96. The van der Waals surface area contributed by atoms with Gasteiger partial charge in [-0.2, -0.15) is 0 Å². The molecule has 1 aromatic rings. The van der Waals surface area contributed by atoms with Crippen LogP contribution < -0.4 is 5.32 Å². The molecule has 0 saturated carbocycles. The second kappa shape index (κ2) is 5.28. The van der Waals surface area contributed by atoms with Gasteiger partial charge in [0.15, 0.2) is 0 Å². The molecule has 1 aliphatic rings. The zero-order chi connectivity index (χ0) is 14.9. The van der Waals surface area contributed by atoms with Gasteiger partial charge in [-0.15, -0.1) is 0 Å². The number of rotatable bonds is 3. The standard InChI is InChI=1S/C13H13FN2O4/c1-16-6-7(4-11(16)17)12(18)15-8-2-3-9(13(19)20)10(14)5-8/h2-3,5,7H,4,6H2,1H3,(H,15,18)(H,19,20). The van der Waals surface area contributed by atoms with Crippen LogP contribution in [0.4, 0.5) is 10.1 Å². The minimum atomic E-state index is -1.37. The van der Waals surface area contributed by atoms with Gasteiger partial charge in [0.05, 0.1) is 11.5 Å². The van der Waals surface area contributed by atoms with Crippen LogP contribution in [0.1, 0.15) is 16.8 Å². The van der Waals surface area contributed by atoms with Gasteiger partial charge in [0.2, 0.25) is 11.8 Å². The van der Waals surface area contributed by atoms with Crippen LogP contribution in [0.3, 0.4) is 0 Å². The van der Waals surface area contributed by atoms with E-state index in [9.17, 15) is 18.8 Å². The number of likely N-dealkylation sites (tertiary alicyclic amines) is 1. The number of nitrogens with zero attached hydrogens (tertiary/aromatic N) is 1. The van der Waals surface area contributed by atoms with Crippen molar-refractivity contribution in [1.29, 1.82) is 0 Å². The van der Waals surface area contributed by atoms with Crippen LogP contribution in [0.25, 0.3) is 0 Å². The molecule has 0 aliphatic carbocycles. The molecule has 1 aromatic carbocycles. The number of carboxylic acid groups (broad SMARTS) is 1. The number of halogens is 1. The highest BCUT2D eigenvalue weighted by Gasteiger charge is 2.32. The Bertz CT molecular complexity index is 588. The fourth-order valence-electron chi connectivity index (χ4n) is 2.05. The third-order valence-electron chi connectivity index (χ3n) is 3.18. The number of hydrogen-bond donors (Lipinski definition) is 2. The summed E-state index contributed by atoms with van der Waals surface area (Å²) in [5.41, 5.74) is -0.293. The average molecular weight is 280 g/mol. The smallest absolute Gasteiger partial charge is 0.338 e. The first kappa shape index (κ1) is 14.0. The minimum absolute atomic E-state index is 0.113. The van der Waals surface area contributed by atoms with E-state index in [4.69, 9.17) is 5.11 Å². The van der Waals surface area contributed by atoms with E-state index in [1.54, 1.807) is 7.05 Å². The predicted octanol–water partition coefficient (Wildman–Crippen LogP) is 0.941. The van der Waals surface area contributed by atoms with Crippen molar-refractivity contribution < 1.29 is 23.9 Å². The third-order valence-corrected chi connectivity index (χ3v) is 3.18. The van der Waals surface area contributed by atoms with E-state index in [1.807, 2.05) is 0 Å². The van der Waals surface area contributed by atoms with E-state index in [2.05, 4.69) is 5.32 Å². The monoisotopic (exact) mass is 280 g/mol. The summed E-state index contributed by atoms with van der Waals surface area (Å²) in [7, 11) is 1.61. The number of aromatic carboxylic acids is 1. The molecule has 20 heavy (non-hydrogen) atoms. The molecule has 1 saturated heterocycles. The second-order valence-corrected chi connectivity index (χ2v) is 4.66. The van der Waals surface area contributed by atoms with Crippen LogP contribution in [0.5, 0.6) is 0 Å². The molecule has 2 amide bonds. The molecule has 6 nitrogen and oxygen atoms in total. The predicted molar refractivity (Wildman–Crippen MR) is 67.7 cm³/mol. The summed E-state index contributed by atoms with van der Waals surface area (Å²) in [5, 5.41) is 11.2. The number of hydrogen-bond acceptors (Lipinski definition) is 3. The van der Waals surface area contributed by atoms with Gasteiger partial charge in [0, 0.05) is 25.7 Å². The quantitative estimate of drug-likeness (QED) is 0.862. The molecule has 2 N–H and O–H groups in total. The fraction of sp³-hybridized carbons (Fsp3) is 0.308. The first-order valence-corrected chi connectivity index (χ1v) is 5.96. The van der Waals surface area contributed by atoms with Gasteiger partial charge in [-0.25, -0.2) is 9.18 Å². The summed E-state index contributed by atoms with van der Waals surface area (Å²) in [4.78, 5) is 35.4. The Hall–Kier alpha value is -2.44. The van der Waals surface area contributed by atoms with Crippen molar-refractivity contribution in [3.8, 4) is 0 Å². The molecular weight excluding hydrogens is 267 g/mol. The minimum Gasteiger partial charge on any atom is -0.478 e. The maximum Gasteiger partial charge on any atom is 0.338 e. The van der Waals surface area contributed by atoms with E-state index >= 15 is 0 Å². The number of carbonyl (C=O) groups is 3. The number of amides is 2. The van der Waals surface area contributed by atoms with Crippen molar-refractivity contribution in [2.45, 2.75) is 6.42 Å². The van der Waals surface area contributed by atoms with E-state index in [-0.39, 0.29) is 23.9 Å². The highest BCUT2D eigenvalue weighted by atomic mass is 19.1. The van der Waals surface area contributed by atoms with Crippen LogP contribution in [0.2, 0.25) is 0 Å². The molecule has 0 radical (unpaired) electrons. The highest BCUT2D eigenvalue weighted by Crippen LogP contribution is 2.20. The number of carboxylic acids is 1. The molecule has 0 bridgehead atoms. The van der Waals surface area contributed by atoms with Crippen molar-refractivity contribution in [1.82, 2.24) is 4.90 Å². The second-order valence-electron chi connectivity index (χ2n) is 4.66. The Labute approximate surface area is 114 Å². The van der Waals surface area contributed by atoms with Gasteiger partial charge in [-0.05, 0) is 18.2 Å². The molecular formula is C13H13FN2O4. The zero-order valence-electron chi connectivity index (χ0n) is 10.7. The average Bonchev–Trinajstić information content (AvgIpc) is 2.69. The maximum absolute atomic E-state index is 13.5. The van der Waals surface area contributed by atoms with Gasteiger partial charge in [0.25, 0.3) is 0 Å². The Balaban J connectivity index is 2.07. The molecule has 1 fully saturated rings. The lowest BCUT2D eigenvalue weighted by molar-refractivity contribution is -0.127. The Morgan fingerprint density at radius 1 is 1.45 bits per heavy atom. The first-order chi connectivity index (χ1) is 9.38. The zero-order valence-corrected chi connectivity index (χ0v) is 10.7. The summed E-state index contributed by atoms with van der Waals surface area (Å²) in [6.07, 6.45) is 0.123. The molecule has 2 rings (SSSR count). The molecule has 0 aromatic heterocycles. The van der Waals surface area contributed by atoms with Gasteiger partial charge >= 0.3 is 5.97 Å². The number of anilines is 1. The van der Waals surface area contributed by atoms with E-state index in [0.29, 0.717) is 6.54 Å². The van der Waals surface area contributed by atoms with Gasteiger partial charge < -0.3 is 15.3 Å². The normalized spacial score (nSPS) is 18.2. The summed E-state index contributed by atoms with van der Waals surface area (Å²) in [5.74, 6) is -3.27. The molecule has 1 aliphatic heterocycles. The SMILES string of the molecule is CN1CC(C(=O)Nc2ccc(C(=O)O)c(F)c2)CC1=O. The van der Waals surface area contributed by atoms with Crippen molar-refractivity contribution in [3.05, 3.63) is 29.6 Å². The van der Waals surface area contributed by atoms with E-state index in [1.165, 1.54) is 11.0 Å². The summed E-state index contributed by atoms with van der Waals surface area (Å²) in [6, 6.07) is 3.34. The Morgan fingerprint density at radius 2 is 2.15 bits per heavy atom. The van der Waals surface area contributed by atoms with Gasteiger partial charge in [-0.3, -0.25) is 9.59 Å². The van der Waals surface area contributed by atoms with E-state index < -0.39 is 23.3 Å². The van der Waals surface area contributed by atoms with Crippen molar-refractivity contribution in [2.24, 2.45) is 5.92 Å². The molecule has 1 atom stereocenters. The molecule has 106 valence electrons.